The number of nitrogens with two attached hydrogens (primary N) is 1. The van der Waals surface area contributed by atoms with Crippen molar-refractivity contribution in [3.8, 4) is 0 Å². The molecule has 0 aliphatic carbocycles. The SMILES string of the molecule is CCN.Fc1ccc(F)c([C@@H]2CCC(N3Cc4cn(SN5CCOCC5)nc4C3)CO2)c1. The lowest BCUT2D eigenvalue weighted by Crippen LogP contribution is -2.38. The van der Waals surface area contributed by atoms with Crippen molar-refractivity contribution in [3.05, 3.63) is 52.9 Å². The van der Waals surface area contributed by atoms with Crippen LogP contribution in [0.5, 0.6) is 0 Å². The topological polar surface area (TPSA) is 68.8 Å². The molecule has 4 heterocycles. The second kappa shape index (κ2) is 11.0. The fraction of sp³-hybridized carbons (Fsp3) is 0.591. The van der Waals surface area contributed by atoms with Crippen LogP contribution in [0.2, 0.25) is 0 Å². The number of benzene rings is 1. The van der Waals surface area contributed by atoms with E-state index in [-0.39, 0.29) is 12.1 Å². The van der Waals surface area contributed by atoms with E-state index in [4.69, 9.17) is 20.3 Å². The van der Waals surface area contributed by atoms with Crippen LogP contribution in [0.15, 0.2) is 24.4 Å². The molecule has 3 aliphatic rings. The molecular formula is C22H31F2N5O2S. The van der Waals surface area contributed by atoms with Gasteiger partial charge in [-0.25, -0.2) is 13.1 Å². The van der Waals surface area contributed by atoms with E-state index in [0.717, 1.165) is 64.1 Å². The third-order valence-corrected chi connectivity index (χ3v) is 6.78. The zero-order valence-corrected chi connectivity index (χ0v) is 19.2. The number of aromatic nitrogens is 2. The summed E-state index contributed by atoms with van der Waals surface area (Å²) in [6, 6.07) is 3.84. The number of halogens is 2. The van der Waals surface area contributed by atoms with Crippen molar-refractivity contribution in [2.45, 2.75) is 45.0 Å². The van der Waals surface area contributed by atoms with Crippen molar-refractivity contribution in [2.24, 2.45) is 5.73 Å². The van der Waals surface area contributed by atoms with E-state index in [1.165, 1.54) is 17.7 Å². The molecule has 5 rings (SSSR count). The summed E-state index contributed by atoms with van der Waals surface area (Å²) in [5, 5.41) is 4.74. The van der Waals surface area contributed by atoms with Crippen LogP contribution >= 0.6 is 12.1 Å². The largest absolute Gasteiger partial charge is 0.379 e. The Morgan fingerprint density at radius 3 is 2.66 bits per heavy atom. The van der Waals surface area contributed by atoms with E-state index in [9.17, 15) is 8.78 Å². The van der Waals surface area contributed by atoms with Crippen molar-refractivity contribution in [3.63, 3.8) is 0 Å². The molecule has 0 spiro atoms. The average molecular weight is 468 g/mol. The first-order chi connectivity index (χ1) is 15.6. The number of morpholine rings is 1. The van der Waals surface area contributed by atoms with Gasteiger partial charge in [-0.05, 0) is 37.6 Å². The highest BCUT2D eigenvalue weighted by atomic mass is 32.2. The van der Waals surface area contributed by atoms with Crippen LogP contribution in [0, 0.1) is 11.6 Å². The van der Waals surface area contributed by atoms with E-state index in [2.05, 4.69) is 15.4 Å². The summed E-state index contributed by atoms with van der Waals surface area (Å²) in [5.74, 6) is -0.827. The lowest BCUT2D eigenvalue weighted by atomic mass is 9.97. The molecule has 2 N–H and O–H groups in total. The van der Waals surface area contributed by atoms with E-state index in [1.54, 1.807) is 12.1 Å². The molecule has 0 radical (unpaired) electrons. The van der Waals surface area contributed by atoms with Gasteiger partial charge >= 0.3 is 0 Å². The molecule has 7 nitrogen and oxygen atoms in total. The van der Waals surface area contributed by atoms with Gasteiger partial charge in [-0.3, -0.25) is 4.90 Å². The normalized spacial score (nSPS) is 24.1. The summed E-state index contributed by atoms with van der Waals surface area (Å²) in [6.45, 7) is 8.19. The summed E-state index contributed by atoms with van der Waals surface area (Å²) in [6.07, 6.45) is 3.32. The summed E-state index contributed by atoms with van der Waals surface area (Å²) in [7, 11) is 0. The molecule has 2 aromatic rings. The fourth-order valence-electron chi connectivity index (χ4n) is 4.23. The summed E-state index contributed by atoms with van der Waals surface area (Å²) in [5.41, 5.74) is 7.54. The molecule has 176 valence electrons. The molecule has 3 aliphatic heterocycles. The Morgan fingerprint density at radius 1 is 1.19 bits per heavy atom. The first kappa shape index (κ1) is 23.6. The lowest BCUT2D eigenvalue weighted by Gasteiger charge is -2.34. The lowest BCUT2D eigenvalue weighted by molar-refractivity contribution is -0.0413. The Balaban J connectivity index is 0.000000775. The number of hydrogen-bond acceptors (Lipinski definition) is 7. The maximum absolute atomic E-state index is 14.0. The second-order valence-corrected chi connectivity index (χ2v) is 9.21. The first-order valence-electron chi connectivity index (χ1n) is 11.2. The van der Waals surface area contributed by atoms with Crippen molar-refractivity contribution in [2.75, 3.05) is 39.5 Å². The van der Waals surface area contributed by atoms with Gasteiger partial charge in [0.05, 0.1) is 43.8 Å². The molecule has 0 saturated carbocycles. The number of nitrogens with zero attached hydrogens (tertiary/aromatic N) is 4. The number of rotatable bonds is 4. The number of fused-ring (bicyclic) bond motifs is 1. The molecule has 2 fully saturated rings. The maximum atomic E-state index is 14.0. The van der Waals surface area contributed by atoms with Gasteiger partial charge in [0, 0.05) is 49.5 Å². The quantitative estimate of drug-likeness (QED) is 0.693. The Kier molecular flexibility index (Phi) is 8.14. The van der Waals surface area contributed by atoms with Crippen LogP contribution in [0.25, 0.3) is 0 Å². The number of ether oxygens (including phenoxy) is 2. The van der Waals surface area contributed by atoms with Gasteiger partial charge in [0.25, 0.3) is 0 Å². The van der Waals surface area contributed by atoms with E-state index >= 15 is 0 Å². The smallest absolute Gasteiger partial charge is 0.129 e. The van der Waals surface area contributed by atoms with Gasteiger partial charge in [0.2, 0.25) is 0 Å². The third-order valence-electron chi connectivity index (χ3n) is 5.82. The second-order valence-electron chi connectivity index (χ2n) is 8.16. The van der Waals surface area contributed by atoms with Gasteiger partial charge < -0.3 is 15.2 Å². The van der Waals surface area contributed by atoms with Crippen molar-refractivity contribution >= 4 is 12.1 Å². The Morgan fingerprint density at radius 2 is 1.97 bits per heavy atom. The maximum Gasteiger partial charge on any atom is 0.129 e. The van der Waals surface area contributed by atoms with Crippen LogP contribution in [0.4, 0.5) is 8.78 Å². The molecule has 10 heteroatoms. The molecular weight excluding hydrogens is 436 g/mol. The molecule has 1 unspecified atom stereocenters. The van der Waals surface area contributed by atoms with E-state index in [1.807, 2.05) is 11.0 Å². The highest BCUT2D eigenvalue weighted by Gasteiger charge is 2.33. The fourth-order valence-corrected chi connectivity index (χ4v) is 5.09. The Hall–Kier alpha value is -1.56. The van der Waals surface area contributed by atoms with Crippen LogP contribution in [0.3, 0.4) is 0 Å². The van der Waals surface area contributed by atoms with Gasteiger partial charge in [0.1, 0.15) is 11.6 Å². The van der Waals surface area contributed by atoms with E-state index < -0.39 is 11.6 Å². The Labute approximate surface area is 192 Å². The van der Waals surface area contributed by atoms with Crippen LogP contribution < -0.4 is 5.73 Å². The third kappa shape index (κ3) is 5.67. The van der Waals surface area contributed by atoms with Gasteiger partial charge in [0.15, 0.2) is 0 Å². The molecule has 0 amide bonds. The summed E-state index contributed by atoms with van der Waals surface area (Å²) >= 11 is 1.64. The number of hydrogen-bond donors (Lipinski definition) is 1. The Bertz CT molecular complexity index is 862. The standard InChI is InChI=1S/C20H24F2N4O2S.C2H7N/c21-15-1-3-18(22)17(9-15)20-4-2-16(13-28-20)24-10-14-11-26(23-19(14)12-24)29-25-5-7-27-8-6-25;1-2-3/h1,3,9,11,16,20H,2,4-8,10,12-13H2;2-3H2,1H3/t16?,20-;/m0./s1. The van der Waals surface area contributed by atoms with Crippen molar-refractivity contribution < 1.29 is 18.3 Å². The highest BCUT2D eigenvalue weighted by molar-refractivity contribution is 7.95. The van der Waals surface area contributed by atoms with Crippen LogP contribution in [0.1, 0.15) is 42.7 Å². The molecule has 0 bridgehead atoms. The van der Waals surface area contributed by atoms with Crippen LogP contribution in [-0.2, 0) is 22.6 Å². The van der Waals surface area contributed by atoms with Crippen molar-refractivity contribution in [1.82, 2.24) is 18.4 Å². The van der Waals surface area contributed by atoms with E-state index in [0.29, 0.717) is 18.6 Å². The monoisotopic (exact) mass is 467 g/mol. The molecule has 1 aromatic heterocycles. The predicted octanol–water partition coefficient (Wildman–Crippen LogP) is 3.11. The van der Waals surface area contributed by atoms with Gasteiger partial charge in [-0.15, -0.1) is 0 Å². The predicted molar refractivity (Wildman–Crippen MR) is 120 cm³/mol. The molecule has 32 heavy (non-hydrogen) atoms. The average Bonchev–Trinajstić information content (AvgIpc) is 3.36. The minimum absolute atomic E-state index is 0.275. The highest BCUT2D eigenvalue weighted by Crippen LogP contribution is 2.34. The zero-order valence-electron chi connectivity index (χ0n) is 18.4. The van der Waals surface area contributed by atoms with Gasteiger partial charge in [-0.2, -0.15) is 9.19 Å². The van der Waals surface area contributed by atoms with Gasteiger partial charge in [-0.1, -0.05) is 6.92 Å². The zero-order chi connectivity index (χ0) is 22.5. The van der Waals surface area contributed by atoms with Crippen molar-refractivity contribution in [1.29, 1.82) is 0 Å². The molecule has 1 aromatic carbocycles. The van der Waals surface area contributed by atoms with Crippen LogP contribution in [-0.4, -0.2) is 63.9 Å². The minimum Gasteiger partial charge on any atom is -0.379 e. The minimum atomic E-state index is -0.427. The first-order valence-corrected chi connectivity index (χ1v) is 11.9. The summed E-state index contributed by atoms with van der Waals surface area (Å²) < 4.78 is 43.0. The molecule has 2 atom stereocenters. The molecule has 2 saturated heterocycles. The summed E-state index contributed by atoms with van der Waals surface area (Å²) in [4.78, 5) is 2.37.